The molecule has 1 fully saturated rings. The van der Waals surface area contributed by atoms with E-state index in [9.17, 15) is 4.39 Å². The number of nitrogens with zero attached hydrogens (tertiary/aromatic N) is 3. The smallest absolute Gasteiger partial charge is 0.229 e. The number of aryl methyl sites for hydroxylation is 1. The fourth-order valence-electron chi connectivity index (χ4n) is 3.45. The number of piperidine rings is 1. The molecule has 2 aromatic rings. The maximum absolute atomic E-state index is 14.0. The number of fused-ring (bicyclic) bond motifs is 1. The number of methoxy groups -OCH3 is 1. The molecular formula is C19H24FN7O. The molecule has 0 bridgehead atoms. The van der Waals surface area contributed by atoms with E-state index in [1.807, 2.05) is 23.2 Å². The Morgan fingerprint density at radius 3 is 2.93 bits per heavy atom. The van der Waals surface area contributed by atoms with Gasteiger partial charge in [-0.15, -0.1) is 0 Å². The number of nitrogens with one attached hydrogen (secondary N) is 4. The van der Waals surface area contributed by atoms with Gasteiger partial charge >= 0.3 is 0 Å². The van der Waals surface area contributed by atoms with E-state index in [0.29, 0.717) is 12.0 Å². The lowest BCUT2D eigenvalue weighted by Crippen LogP contribution is -2.42. The lowest BCUT2D eigenvalue weighted by atomic mass is 10.0. The summed E-state index contributed by atoms with van der Waals surface area (Å²) in [7, 11) is 3.27. The fourth-order valence-corrected chi connectivity index (χ4v) is 3.45. The number of halogens is 1. The Bertz CT molecular complexity index is 917. The Kier molecular flexibility index (Phi) is 5.01. The van der Waals surface area contributed by atoms with Crippen LogP contribution >= 0.6 is 0 Å². The van der Waals surface area contributed by atoms with Crippen LogP contribution in [0, 0.1) is 12.7 Å². The van der Waals surface area contributed by atoms with Crippen molar-refractivity contribution in [3.05, 3.63) is 41.5 Å². The average Bonchev–Trinajstić information content (AvgIpc) is 3.14. The van der Waals surface area contributed by atoms with Crippen LogP contribution in [0.2, 0.25) is 0 Å². The lowest BCUT2D eigenvalue weighted by Gasteiger charge is -2.24. The molecule has 0 saturated carbocycles. The predicted molar refractivity (Wildman–Crippen MR) is 108 cm³/mol. The van der Waals surface area contributed by atoms with Gasteiger partial charge in [-0.2, -0.15) is 4.98 Å². The molecule has 8 nitrogen and oxygen atoms in total. The summed E-state index contributed by atoms with van der Waals surface area (Å²) in [5, 5.41) is 11.3. The number of hydrogen-bond acceptors (Lipinski definition) is 8. The second kappa shape index (κ2) is 7.61. The minimum atomic E-state index is -0.451. The number of hydrogen-bond donors (Lipinski definition) is 4. The highest BCUT2D eigenvalue weighted by Gasteiger charge is 2.28. The van der Waals surface area contributed by atoms with Gasteiger partial charge in [-0.05, 0) is 43.7 Å². The van der Waals surface area contributed by atoms with Gasteiger partial charge in [0.1, 0.15) is 11.4 Å². The summed E-state index contributed by atoms with van der Waals surface area (Å²) in [5.74, 6) is 0.775. The molecule has 0 spiro atoms. The average molecular weight is 385 g/mol. The summed E-state index contributed by atoms with van der Waals surface area (Å²) in [6, 6.07) is 6.05. The normalized spacial score (nSPS) is 18.5. The van der Waals surface area contributed by atoms with Gasteiger partial charge in [0.15, 0.2) is 11.6 Å². The Hall–Kier alpha value is -2.91. The zero-order valence-corrected chi connectivity index (χ0v) is 16.1. The van der Waals surface area contributed by atoms with Crippen LogP contribution in [0.15, 0.2) is 30.0 Å². The SMILES string of the molecule is CNc1nc(Nc2ccc(OC)c(N3C=C4CNCCC4N3)c2)nc(C)c1F. The standard InChI is InChI=1S/C19H24FN7O/c1-11-17(20)18(21-2)25-19(23-11)24-13-4-5-16(28-3)15(8-13)27-10-12-9-22-7-6-14(12)26-27/h4-5,8,10,14,22,26H,6-7,9H2,1-3H3,(H2,21,23,24,25). The third kappa shape index (κ3) is 3.46. The Morgan fingerprint density at radius 2 is 2.18 bits per heavy atom. The summed E-state index contributed by atoms with van der Waals surface area (Å²) in [4.78, 5) is 8.37. The van der Waals surface area contributed by atoms with Crippen molar-refractivity contribution in [2.75, 3.05) is 42.9 Å². The second-order valence-corrected chi connectivity index (χ2v) is 6.78. The van der Waals surface area contributed by atoms with E-state index in [4.69, 9.17) is 4.74 Å². The molecule has 2 aliphatic rings. The minimum absolute atomic E-state index is 0.159. The van der Waals surface area contributed by atoms with Gasteiger partial charge in [0.2, 0.25) is 5.95 Å². The van der Waals surface area contributed by atoms with Gasteiger partial charge in [-0.3, -0.25) is 5.01 Å². The molecule has 1 aromatic carbocycles. The van der Waals surface area contributed by atoms with Crippen LogP contribution in [0.25, 0.3) is 0 Å². The minimum Gasteiger partial charge on any atom is -0.495 e. The van der Waals surface area contributed by atoms with E-state index in [2.05, 4.69) is 37.5 Å². The Labute approximate surface area is 163 Å². The highest BCUT2D eigenvalue weighted by atomic mass is 19.1. The van der Waals surface area contributed by atoms with Crippen molar-refractivity contribution in [2.45, 2.75) is 19.4 Å². The van der Waals surface area contributed by atoms with E-state index >= 15 is 0 Å². The second-order valence-electron chi connectivity index (χ2n) is 6.78. The molecule has 28 heavy (non-hydrogen) atoms. The maximum atomic E-state index is 14.0. The van der Waals surface area contributed by atoms with Gasteiger partial charge in [-0.1, -0.05) is 0 Å². The molecule has 0 aliphatic carbocycles. The van der Waals surface area contributed by atoms with Crippen molar-refractivity contribution < 1.29 is 9.13 Å². The fraction of sp³-hybridized carbons (Fsp3) is 0.368. The van der Waals surface area contributed by atoms with Crippen molar-refractivity contribution in [2.24, 2.45) is 0 Å². The van der Waals surface area contributed by atoms with E-state index in [-0.39, 0.29) is 11.5 Å². The number of benzene rings is 1. The number of rotatable bonds is 5. The number of aromatic nitrogens is 2. The Morgan fingerprint density at radius 1 is 1.32 bits per heavy atom. The molecule has 4 rings (SSSR count). The van der Waals surface area contributed by atoms with Crippen LogP contribution in [-0.2, 0) is 0 Å². The summed E-state index contributed by atoms with van der Waals surface area (Å²) in [6.07, 6.45) is 3.15. The molecule has 0 amide bonds. The number of anilines is 4. The maximum Gasteiger partial charge on any atom is 0.229 e. The van der Waals surface area contributed by atoms with Crippen LogP contribution in [0.4, 0.5) is 27.5 Å². The van der Waals surface area contributed by atoms with Gasteiger partial charge < -0.3 is 20.7 Å². The molecule has 1 saturated heterocycles. The van der Waals surface area contributed by atoms with Crippen LogP contribution < -0.4 is 31.1 Å². The van der Waals surface area contributed by atoms with Crippen LogP contribution in [0.5, 0.6) is 5.75 Å². The molecule has 1 aromatic heterocycles. The number of ether oxygens (including phenoxy) is 1. The van der Waals surface area contributed by atoms with Gasteiger partial charge in [0.05, 0.1) is 18.8 Å². The molecule has 4 N–H and O–H groups in total. The van der Waals surface area contributed by atoms with E-state index in [1.54, 1.807) is 21.1 Å². The Balaban J connectivity index is 1.63. The van der Waals surface area contributed by atoms with Crippen molar-refractivity contribution >= 4 is 23.1 Å². The summed E-state index contributed by atoms with van der Waals surface area (Å²) in [6.45, 7) is 3.49. The monoisotopic (exact) mass is 385 g/mol. The third-order valence-corrected chi connectivity index (χ3v) is 4.92. The first-order valence-electron chi connectivity index (χ1n) is 9.22. The summed E-state index contributed by atoms with van der Waals surface area (Å²) < 4.78 is 19.5. The van der Waals surface area contributed by atoms with E-state index < -0.39 is 5.82 Å². The molecule has 2 aliphatic heterocycles. The zero-order chi connectivity index (χ0) is 19.7. The molecule has 1 atom stereocenters. The van der Waals surface area contributed by atoms with Gasteiger partial charge in [-0.25, -0.2) is 14.8 Å². The van der Waals surface area contributed by atoms with Crippen LogP contribution in [-0.4, -0.2) is 43.3 Å². The van der Waals surface area contributed by atoms with Crippen LogP contribution in [0.1, 0.15) is 12.1 Å². The van der Waals surface area contributed by atoms with Gasteiger partial charge in [0, 0.05) is 25.5 Å². The lowest BCUT2D eigenvalue weighted by molar-refractivity contribution is 0.413. The largest absolute Gasteiger partial charge is 0.495 e. The quantitative estimate of drug-likeness (QED) is 0.624. The summed E-state index contributed by atoms with van der Waals surface area (Å²) >= 11 is 0. The highest BCUT2D eigenvalue weighted by Crippen LogP contribution is 2.34. The van der Waals surface area contributed by atoms with E-state index in [0.717, 1.165) is 36.6 Å². The van der Waals surface area contributed by atoms with Gasteiger partial charge in [0.25, 0.3) is 0 Å². The molecule has 0 radical (unpaired) electrons. The molecule has 1 unspecified atom stereocenters. The molecule has 3 heterocycles. The van der Waals surface area contributed by atoms with E-state index in [1.165, 1.54) is 5.57 Å². The first-order valence-corrected chi connectivity index (χ1v) is 9.22. The van der Waals surface area contributed by atoms with Crippen molar-refractivity contribution in [3.8, 4) is 5.75 Å². The topological polar surface area (TPSA) is 86.4 Å². The first kappa shape index (κ1) is 18.5. The zero-order valence-electron chi connectivity index (χ0n) is 16.1. The van der Waals surface area contributed by atoms with Crippen LogP contribution in [0.3, 0.4) is 0 Å². The predicted octanol–water partition coefficient (Wildman–Crippen LogP) is 2.29. The highest BCUT2D eigenvalue weighted by molar-refractivity contribution is 5.70. The van der Waals surface area contributed by atoms with Crippen molar-refractivity contribution in [1.82, 2.24) is 20.7 Å². The molecule has 9 heteroatoms. The van der Waals surface area contributed by atoms with Crippen molar-refractivity contribution in [3.63, 3.8) is 0 Å². The summed E-state index contributed by atoms with van der Waals surface area (Å²) in [5.41, 5.74) is 6.76. The molecular weight excluding hydrogens is 361 g/mol. The molecule has 148 valence electrons. The third-order valence-electron chi connectivity index (χ3n) is 4.92. The van der Waals surface area contributed by atoms with Crippen molar-refractivity contribution in [1.29, 1.82) is 0 Å². The first-order chi connectivity index (χ1) is 13.6. The number of hydrazine groups is 1.